The minimum absolute atomic E-state index is 0.0898. The highest BCUT2D eigenvalue weighted by molar-refractivity contribution is 7.16. The third-order valence-electron chi connectivity index (χ3n) is 5.89. The second-order valence-corrected chi connectivity index (χ2v) is 9.64. The lowest BCUT2D eigenvalue weighted by Gasteiger charge is -2.36. The van der Waals surface area contributed by atoms with Gasteiger partial charge in [-0.05, 0) is 47.6 Å². The van der Waals surface area contributed by atoms with E-state index in [9.17, 15) is 4.79 Å². The van der Waals surface area contributed by atoms with E-state index in [2.05, 4.69) is 42.9 Å². The first-order valence-electron chi connectivity index (χ1n) is 8.75. The molecule has 1 aliphatic heterocycles. The van der Waals surface area contributed by atoms with Crippen LogP contribution in [0.4, 0.5) is 5.00 Å². The number of carbonyl (C=O) groups is 1. The smallest absolute Gasteiger partial charge is 0.256 e. The average Bonchev–Trinajstić information content (AvgIpc) is 3.21. The average molecular weight is 361 g/mol. The van der Waals surface area contributed by atoms with Crippen LogP contribution in [0.3, 0.4) is 0 Å². The van der Waals surface area contributed by atoms with Crippen molar-refractivity contribution in [1.29, 1.82) is 0 Å². The molecule has 128 valence electrons. The Morgan fingerprint density at radius 2 is 2.17 bits per heavy atom. The van der Waals surface area contributed by atoms with Gasteiger partial charge < -0.3 is 10.6 Å². The van der Waals surface area contributed by atoms with Gasteiger partial charge in [-0.15, -0.1) is 22.7 Å². The maximum absolute atomic E-state index is 12.7. The number of thiophene rings is 2. The molecule has 2 aromatic rings. The number of carbonyl (C=O) groups excluding carboxylic acids is 1. The lowest BCUT2D eigenvalue weighted by atomic mass is 9.69. The van der Waals surface area contributed by atoms with Crippen molar-refractivity contribution < 1.29 is 4.79 Å². The van der Waals surface area contributed by atoms with Gasteiger partial charge in [-0.3, -0.25) is 4.79 Å². The molecule has 4 rings (SSSR count). The van der Waals surface area contributed by atoms with Crippen LogP contribution in [-0.4, -0.2) is 5.91 Å². The molecule has 0 fully saturated rings. The summed E-state index contributed by atoms with van der Waals surface area (Å²) in [5, 5.41) is 9.80. The van der Waals surface area contributed by atoms with Gasteiger partial charge in [0.05, 0.1) is 5.56 Å². The third kappa shape index (κ3) is 2.58. The molecular weight excluding hydrogens is 336 g/mol. The molecule has 0 saturated heterocycles. The maximum Gasteiger partial charge on any atom is 0.256 e. The minimum atomic E-state index is -0.0898. The van der Waals surface area contributed by atoms with E-state index in [4.69, 9.17) is 0 Å². The molecule has 0 unspecified atom stereocenters. The molecule has 2 aromatic heterocycles. The van der Waals surface area contributed by atoms with Crippen LogP contribution in [0.5, 0.6) is 0 Å². The van der Waals surface area contributed by atoms with Crippen LogP contribution in [0.2, 0.25) is 0 Å². The van der Waals surface area contributed by atoms with E-state index in [1.807, 2.05) is 6.07 Å². The molecular formula is C19H24N2OS2. The molecule has 3 nitrogen and oxygen atoms in total. The Labute approximate surface area is 151 Å². The van der Waals surface area contributed by atoms with Crippen molar-refractivity contribution >= 4 is 33.6 Å². The van der Waals surface area contributed by atoms with E-state index >= 15 is 0 Å². The van der Waals surface area contributed by atoms with Gasteiger partial charge in [-0.25, -0.2) is 0 Å². The van der Waals surface area contributed by atoms with Gasteiger partial charge in [0.25, 0.3) is 5.91 Å². The highest BCUT2D eigenvalue weighted by Gasteiger charge is 2.37. The Kier molecular flexibility index (Phi) is 3.96. The second kappa shape index (κ2) is 5.88. The Bertz CT molecular complexity index is 761. The lowest BCUT2D eigenvalue weighted by molar-refractivity contribution is 0.0935. The van der Waals surface area contributed by atoms with E-state index in [1.54, 1.807) is 22.7 Å². The summed E-state index contributed by atoms with van der Waals surface area (Å²) < 4.78 is 0. The molecule has 2 aliphatic rings. The Morgan fingerprint density at radius 3 is 2.88 bits per heavy atom. The lowest BCUT2D eigenvalue weighted by Crippen LogP contribution is -2.38. The van der Waals surface area contributed by atoms with E-state index in [-0.39, 0.29) is 12.1 Å². The van der Waals surface area contributed by atoms with E-state index in [1.165, 1.54) is 23.3 Å². The van der Waals surface area contributed by atoms with Gasteiger partial charge >= 0.3 is 0 Å². The number of amides is 1. The zero-order valence-electron chi connectivity index (χ0n) is 14.4. The van der Waals surface area contributed by atoms with Crippen molar-refractivity contribution in [3.8, 4) is 0 Å². The number of hydrogen-bond acceptors (Lipinski definition) is 4. The van der Waals surface area contributed by atoms with Crippen LogP contribution in [-0.2, 0) is 12.8 Å². The van der Waals surface area contributed by atoms with Crippen molar-refractivity contribution in [1.82, 2.24) is 5.32 Å². The molecule has 3 heterocycles. The predicted octanol–water partition coefficient (Wildman–Crippen LogP) is 5.20. The van der Waals surface area contributed by atoms with Crippen LogP contribution in [0.1, 0.15) is 65.5 Å². The Hall–Kier alpha value is -1.33. The fourth-order valence-corrected chi connectivity index (χ4v) is 5.93. The monoisotopic (exact) mass is 360 g/mol. The number of nitrogens with one attached hydrogen (secondary N) is 2. The van der Waals surface area contributed by atoms with Crippen molar-refractivity contribution in [3.05, 3.63) is 38.4 Å². The number of anilines is 1. The quantitative estimate of drug-likeness (QED) is 0.789. The Morgan fingerprint density at radius 1 is 1.33 bits per heavy atom. The molecule has 0 radical (unpaired) electrons. The first-order chi connectivity index (χ1) is 11.5. The first-order valence-corrected chi connectivity index (χ1v) is 10.4. The molecule has 1 amide bonds. The van der Waals surface area contributed by atoms with Crippen LogP contribution >= 0.6 is 22.7 Å². The summed E-state index contributed by atoms with van der Waals surface area (Å²) in [7, 11) is 0. The summed E-state index contributed by atoms with van der Waals surface area (Å²) >= 11 is 3.48. The summed E-state index contributed by atoms with van der Waals surface area (Å²) in [6, 6.07) is 4.10. The third-order valence-corrected chi connectivity index (χ3v) is 8.01. The summed E-state index contributed by atoms with van der Waals surface area (Å²) in [6.07, 6.45) is 4.46. The SMILES string of the molecule is CCC(C)(C)[C@@H]1CCc2c(sc3c2C(=O)N[C@H](c2cccs2)N3)C1. The maximum atomic E-state index is 12.7. The zero-order chi connectivity index (χ0) is 16.9. The van der Waals surface area contributed by atoms with E-state index in [0.717, 1.165) is 28.3 Å². The first kappa shape index (κ1) is 16.2. The molecule has 5 heteroatoms. The normalized spacial score (nSPS) is 23.2. The standard InChI is InChI=1S/C19H24N2OS2/c1-4-19(2,3)11-7-8-12-14(10-11)24-18-15(12)17(22)20-16(21-18)13-6-5-9-23-13/h5-6,9,11,16,21H,4,7-8,10H2,1-3H3,(H,20,22)/t11-,16+/m1/s1. The highest BCUT2D eigenvalue weighted by Crippen LogP contribution is 2.47. The number of fused-ring (bicyclic) bond motifs is 3. The summed E-state index contributed by atoms with van der Waals surface area (Å²) in [5.74, 6) is 0.805. The number of rotatable bonds is 3. The van der Waals surface area contributed by atoms with Crippen LogP contribution in [0.25, 0.3) is 0 Å². The van der Waals surface area contributed by atoms with Gasteiger partial charge in [0.15, 0.2) is 0 Å². The summed E-state index contributed by atoms with van der Waals surface area (Å²) in [6.45, 7) is 7.05. The van der Waals surface area contributed by atoms with Crippen molar-refractivity contribution in [2.75, 3.05) is 5.32 Å². The molecule has 0 aromatic carbocycles. The van der Waals surface area contributed by atoms with Gasteiger partial charge in [-0.1, -0.05) is 33.3 Å². The molecule has 2 atom stereocenters. The van der Waals surface area contributed by atoms with E-state index < -0.39 is 0 Å². The predicted molar refractivity (Wildman–Crippen MR) is 102 cm³/mol. The van der Waals surface area contributed by atoms with Gasteiger partial charge in [0, 0.05) is 9.75 Å². The van der Waals surface area contributed by atoms with Crippen LogP contribution < -0.4 is 10.6 Å². The number of hydrogen-bond donors (Lipinski definition) is 2. The van der Waals surface area contributed by atoms with Gasteiger partial charge in [-0.2, -0.15) is 0 Å². The van der Waals surface area contributed by atoms with Gasteiger partial charge in [0.2, 0.25) is 0 Å². The molecule has 0 saturated carbocycles. The second-order valence-electron chi connectivity index (χ2n) is 7.56. The zero-order valence-corrected chi connectivity index (χ0v) is 16.1. The molecule has 1 aliphatic carbocycles. The van der Waals surface area contributed by atoms with Gasteiger partial charge in [0.1, 0.15) is 11.2 Å². The Balaban J connectivity index is 1.64. The largest absolute Gasteiger partial charge is 0.352 e. The van der Waals surface area contributed by atoms with Crippen molar-refractivity contribution in [2.45, 2.75) is 52.6 Å². The van der Waals surface area contributed by atoms with Crippen LogP contribution in [0, 0.1) is 11.3 Å². The fourth-order valence-electron chi connectivity index (χ4n) is 3.85. The van der Waals surface area contributed by atoms with Crippen molar-refractivity contribution in [2.24, 2.45) is 11.3 Å². The molecule has 2 N–H and O–H groups in total. The summed E-state index contributed by atoms with van der Waals surface area (Å²) in [5.41, 5.74) is 2.58. The van der Waals surface area contributed by atoms with Crippen LogP contribution in [0.15, 0.2) is 17.5 Å². The fraction of sp³-hybridized carbons (Fsp3) is 0.526. The topological polar surface area (TPSA) is 41.1 Å². The molecule has 0 spiro atoms. The molecule has 24 heavy (non-hydrogen) atoms. The highest BCUT2D eigenvalue weighted by atomic mass is 32.1. The molecule has 0 bridgehead atoms. The van der Waals surface area contributed by atoms with Crippen molar-refractivity contribution in [3.63, 3.8) is 0 Å². The minimum Gasteiger partial charge on any atom is -0.352 e. The van der Waals surface area contributed by atoms with E-state index in [0.29, 0.717) is 11.3 Å². The summed E-state index contributed by atoms with van der Waals surface area (Å²) in [4.78, 5) is 15.3.